The average molecular weight is 376 g/mol. The number of nitrogens with zero attached hydrogens (tertiary/aromatic N) is 2. The number of carbonyl (C=O) groups excluding carboxylic acids is 1. The maximum Gasteiger partial charge on any atom is 0.253 e. The first-order chi connectivity index (χ1) is 13.5. The van der Waals surface area contributed by atoms with E-state index in [2.05, 4.69) is 16.4 Å². The Labute approximate surface area is 161 Å². The van der Waals surface area contributed by atoms with Crippen molar-refractivity contribution in [2.75, 3.05) is 17.2 Å². The Bertz CT molecular complexity index is 1100. The molecule has 0 saturated carbocycles. The van der Waals surface area contributed by atoms with Crippen LogP contribution >= 0.6 is 0 Å². The number of benzene rings is 1. The molecule has 0 aliphatic carbocycles. The van der Waals surface area contributed by atoms with Gasteiger partial charge in [0.1, 0.15) is 11.4 Å². The van der Waals surface area contributed by atoms with Gasteiger partial charge in [-0.2, -0.15) is 0 Å². The molecule has 7 heteroatoms. The van der Waals surface area contributed by atoms with Crippen LogP contribution in [0.1, 0.15) is 22.3 Å². The summed E-state index contributed by atoms with van der Waals surface area (Å²) < 4.78 is 0. The minimum atomic E-state index is -0.592. The lowest BCUT2D eigenvalue weighted by Gasteiger charge is -2.32. The van der Waals surface area contributed by atoms with E-state index in [1.807, 2.05) is 23.1 Å². The molecule has 1 aliphatic rings. The Morgan fingerprint density at radius 1 is 1.14 bits per heavy atom. The molecule has 0 radical (unpaired) electrons. The highest BCUT2D eigenvalue weighted by Gasteiger charge is 2.26. The second-order valence-corrected chi connectivity index (χ2v) is 7.01. The SMILES string of the molecule is Nc1c(N2CCc3ccc(CNC(=O)Cc4cccnc4)cc3C2)c(=O)c1=O. The molecule has 3 aromatic rings. The number of carbonyl (C=O) groups is 1. The molecule has 0 bridgehead atoms. The molecule has 0 saturated heterocycles. The fourth-order valence-electron chi connectivity index (χ4n) is 3.57. The van der Waals surface area contributed by atoms with Crippen LogP contribution in [0.4, 0.5) is 11.4 Å². The van der Waals surface area contributed by atoms with Gasteiger partial charge in [-0.3, -0.25) is 19.4 Å². The Morgan fingerprint density at radius 3 is 2.75 bits per heavy atom. The van der Waals surface area contributed by atoms with Gasteiger partial charge in [-0.1, -0.05) is 24.3 Å². The minimum absolute atomic E-state index is 0.0623. The fraction of sp³-hybridized carbons (Fsp3) is 0.238. The smallest absolute Gasteiger partial charge is 0.253 e. The Morgan fingerprint density at radius 2 is 2.00 bits per heavy atom. The molecule has 142 valence electrons. The number of amides is 1. The summed E-state index contributed by atoms with van der Waals surface area (Å²) in [5, 5.41) is 2.92. The van der Waals surface area contributed by atoms with Crippen LogP contribution in [0.5, 0.6) is 0 Å². The van der Waals surface area contributed by atoms with Crippen molar-refractivity contribution < 1.29 is 4.79 Å². The number of hydrogen-bond donors (Lipinski definition) is 2. The summed E-state index contributed by atoms with van der Waals surface area (Å²) in [7, 11) is 0. The molecule has 28 heavy (non-hydrogen) atoms. The van der Waals surface area contributed by atoms with Gasteiger partial charge < -0.3 is 16.0 Å². The highest BCUT2D eigenvalue weighted by Crippen LogP contribution is 2.26. The number of aromatic nitrogens is 1. The van der Waals surface area contributed by atoms with Gasteiger partial charge in [0.2, 0.25) is 5.91 Å². The van der Waals surface area contributed by atoms with Gasteiger partial charge in [-0.15, -0.1) is 0 Å². The number of anilines is 2. The fourth-order valence-corrected chi connectivity index (χ4v) is 3.57. The van der Waals surface area contributed by atoms with Crippen molar-refractivity contribution in [2.45, 2.75) is 25.9 Å². The molecule has 0 fully saturated rings. The van der Waals surface area contributed by atoms with Crippen LogP contribution < -0.4 is 26.8 Å². The first kappa shape index (κ1) is 17.9. The predicted molar refractivity (Wildman–Crippen MR) is 107 cm³/mol. The van der Waals surface area contributed by atoms with Crippen molar-refractivity contribution in [2.24, 2.45) is 0 Å². The number of fused-ring (bicyclic) bond motifs is 1. The van der Waals surface area contributed by atoms with Crippen LogP contribution in [0.2, 0.25) is 0 Å². The molecule has 1 aromatic heterocycles. The van der Waals surface area contributed by atoms with Gasteiger partial charge in [0.15, 0.2) is 0 Å². The summed E-state index contributed by atoms with van der Waals surface area (Å²) in [6.07, 6.45) is 4.42. The summed E-state index contributed by atoms with van der Waals surface area (Å²) >= 11 is 0. The molecule has 2 aromatic carbocycles. The molecule has 7 nitrogen and oxygen atoms in total. The Balaban J connectivity index is 1.41. The standard InChI is InChI=1S/C21H20N4O3/c22-18-19(21(28)20(18)27)25-7-5-15-4-3-14(8-16(15)12-25)11-24-17(26)9-13-2-1-6-23-10-13/h1-4,6,8,10H,5,7,9,11-12,22H2,(H,24,26). The van der Waals surface area contributed by atoms with Crippen LogP contribution in [0.3, 0.4) is 0 Å². The quantitative estimate of drug-likeness (QED) is 0.635. The van der Waals surface area contributed by atoms with Crippen LogP contribution in [0.15, 0.2) is 52.3 Å². The van der Waals surface area contributed by atoms with E-state index in [-0.39, 0.29) is 18.0 Å². The summed E-state index contributed by atoms with van der Waals surface area (Å²) in [5.74, 6) is -0.0659. The van der Waals surface area contributed by atoms with E-state index in [9.17, 15) is 14.4 Å². The summed E-state index contributed by atoms with van der Waals surface area (Å²) in [4.78, 5) is 41.2. The minimum Gasteiger partial charge on any atom is -0.394 e. The van der Waals surface area contributed by atoms with E-state index in [0.717, 1.165) is 23.1 Å². The molecular formula is C21H20N4O3. The van der Waals surface area contributed by atoms with Crippen LogP contribution in [-0.2, 0) is 30.7 Å². The molecule has 1 amide bonds. The van der Waals surface area contributed by atoms with Crippen molar-refractivity contribution >= 4 is 17.3 Å². The molecule has 2 heterocycles. The Hall–Kier alpha value is -3.48. The first-order valence-corrected chi connectivity index (χ1v) is 9.13. The van der Waals surface area contributed by atoms with E-state index >= 15 is 0 Å². The number of nitrogen functional groups attached to an aromatic ring is 1. The van der Waals surface area contributed by atoms with E-state index in [0.29, 0.717) is 25.3 Å². The Kier molecular flexibility index (Phi) is 4.65. The van der Waals surface area contributed by atoms with Crippen molar-refractivity contribution in [1.82, 2.24) is 10.3 Å². The zero-order valence-corrected chi connectivity index (χ0v) is 15.3. The zero-order chi connectivity index (χ0) is 19.7. The van der Waals surface area contributed by atoms with E-state index in [1.54, 1.807) is 18.5 Å². The van der Waals surface area contributed by atoms with Crippen LogP contribution in [0.25, 0.3) is 0 Å². The van der Waals surface area contributed by atoms with Gasteiger partial charge in [0.05, 0.1) is 6.42 Å². The summed E-state index contributed by atoms with van der Waals surface area (Å²) in [5.41, 5.74) is 9.15. The number of hydrogen-bond acceptors (Lipinski definition) is 6. The topological polar surface area (TPSA) is 105 Å². The second kappa shape index (κ2) is 7.26. The lowest BCUT2D eigenvalue weighted by Crippen LogP contribution is -2.44. The lowest BCUT2D eigenvalue weighted by atomic mass is 9.96. The van der Waals surface area contributed by atoms with E-state index in [1.165, 1.54) is 5.56 Å². The third kappa shape index (κ3) is 3.38. The highest BCUT2D eigenvalue weighted by atomic mass is 16.2. The maximum absolute atomic E-state index is 12.1. The molecule has 0 spiro atoms. The van der Waals surface area contributed by atoms with Crippen LogP contribution in [0, 0.1) is 0 Å². The molecule has 4 rings (SSSR count). The van der Waals surface area contributed by atoms with Crippen molar-refractivity contribution in [3.8, 4) is 0 Å². The predicted octanol–water partition coefficient (Wildman–Crippen LogP) is 0.681. The normalized spacial score (nSPS) is 13.4. The number of pyridine rings is 1. The van der Waals surface area contributed by atoms with Crippen molar-refractivity contribution in [3.05, 3.63) is 85.4 Å². The zero-order valence-electron chi connectivity index (χ0n) is 15.3. The van der Waals surface area contributed by atoms with Gasteiger partial charge >= 0.3 is 0 Å². The number of nitrogens with one attached hydrogen (secondary N) is 1. The lowest BCUT2D eigenvalue weighted by molar-refractivity contribution is -0.120. The van der Waals surface area contributed by atoms with Gasteiger partial charge in [-0.05, 0) is 34.7 Å². The number of nitrogens with two attached hydrogens (primary N) is 1. The first-order valence-electron chi connectivity index (χ1n) is 9.13. The van der Waals surface area contributed by atoms with Crippen molar-refractivity contribution in [3.63, 3.8) is 0 Å². The maximum atomic E-state index is 12.1. The van der Waals surface area contributed by atoms with Gasteiger partial charge in [0.25, 0.3) is 10.9 Å². The average Bonchev–Trinajstić information content (AvgIpc) is 2.72. The van der Waals surface area contributed by atoms with E-state index in [4.69, 9.17) is 5.73 Å². The molecule has 0 atom stereocenters. The summed E-state index contributed by atoms with van der Waals surface area (Å²) in [6, 6.07) is 9.77. The third-order valence-corrected chi connectivity index (χ3v) is 5.10. The third-order valence-electron chi connectivity index (χ3n) is 5.10. The van der Waals surface area contributed by atoms with Crippen LogP contribution in [-0.4, -0.2) is 17.4 Å². The molecule has 0 unspecified atom stereocenters. The monoisotopic (exact) mass is 376 g/mol. The second-order valence-electron chi connectivity index (χ2n) is 7.01. The number of rotatable bonds is 5. The van der Waals surface area contributed by atoms with E-state index < -0.39 is 10.9 Å². The highest BCUT2D eigenvalue weighted by molar-refractivity contribution is 5.78. The summed E-state index contributed by atoms with van der Waals surface area (Å²) in [6.45, 7) is 1.61. The van der Waals surface area contributed by atoms with Crippen molar-refractivity contribution in [1.29, 1.82) is 0 Å². The molecule has 3 N–H and O–H groups in total. The van der Waals surface area contributed by atoms with Gasteiger partial charge in [-0.25, -0.2) is 0 Å². The molecular weight excluding hydrogens is 356 g/mol. The largest absolute Gasteiger partial charge is 0.394 e. The van der Waals surface area contributed by atoms with Gasteiger partial charge in [0, 0.05) is 32.0 Å². The molecule has 1 aliphatic heterocycles.